The van der Waals surface area contributed by atoms with Crippen molar-refractivity contribution >= 4 is 41.9 Å². The van der Waals surface area contributed by atoms with Gasteiger partial charge in [-0.1, -0.05) is 11.6 Å². The van der Waals surface area contributed by atoms with Gasteiger partial charge in [-0.2, -0.15) is 0 Å². The van der Waals surface area contributed by atoms with Crippen molar-refractivity contribution in [1.29, 1.82) is 0 Å². The lowest BCUT2D eigenvalue weighted by Crippen LogP contribution is -2.35. The average Bonchev–Trinajstić information content (AvgIpc) is 2.07. The summed E-state index contributed by atoms with van der Waals surface area (Å²) < 4.78 is 0. The van der Waals surface area contributed by atoms with Gasteiger partial charge >= 0.3 is 0 Å². The van der Waals surface area contributed by atoms with Gasteiger partial charge < -0.3 is 0 Å². The largest absolute Gasteiger partial charge is 0.287 e. The number of nitrogens with zero attached hydrogens (tertiary/aromatic N) is 4. The minimum absolute atomic E-state index is 0. The van der Waals surface area contributed by atoms with Gasteiger partial charge in [-0.05, 0) is 0 Å². The molecule has 0 saturated heterocycles. The number of hydrogen-bond donors (Lipinski definition) is 1. The number of anilines is 1. The van der Waals surface area contributed by atoms with Crippen LogP contribution in [-0.2, 0) is 0 Å². The van der Waals surface area contributed by atoms with Gasteiger partial charge in [0, 0.05) is 7.05 Å². The van der Waals surface area contributed by atoms with Crippen molar-refractivity contribution in [3.63, 3.8) is 0 Å². The van der Waals surface area contributed by atoms with E-state index < -0.39 is 0 Å². The van der Waals surface area contributed by atoms with Crippen LogP contribution >= 0.6 is 24.0 Å². The quantitative estimate of drug-likeness (QED) is 0.666. The number of hydrazine groups is 1. The molecule has 0 atom stereocenters. The maximum atomic E-state index is 5.79. The Morgan fingerprint density at radius 1 is 1.46 bits per heavy atom. The van der Waals surface area contributed by atoms with E-state index in [1.165, 1.54) is 12.7 Å². The summed E-state index contributed by atoms with van der Waals surface area (Å²) in [4.78, 5) is 11.8. The lowest BCUT2D eigenvalue weighted by atomic mass is 10.4. The topological polar surface area (TPSA) is 53.4 Å². The molecule has 5 nitrogen and oxygen atoms in total. The molecule has 0 radical (unpaired) electrons. The molecule has 7 heteroatoms. The number of rotatable bonds is 0. The average molecular weight is 220 g/mol. The second-order valence-corrected chi connectivity index (χ2v) is 2.64. The monoisotopic (exact) mass is 219 g/mol. The Kier molecular flexibility index (Phi) is 2.90. The van der Waals surface area contributed by atoms with Crippen molar-refractivity contribution in [3.8, 4) is 0 Å². The van der Waals surface area contributed by atoms with Gasteiger partial charge in [-0.25, -0.2) is 15.0 Å². The summed E-state index contributed by atoms with van der Waals surface area (Å²) in [6.07, 6.45) is 2.94. The van der Waals surface area contributed by atoms with Crippen LogP contribution in [0.5, 0.6) is 0 Å². The molecule has 0 bridgehead atoms. The number of halogens is 2. The maximum Gasteiger partial charge on any atom is 0.177 e. The van der Waals surface area contributed by atoms with Crippen LogP contribution < -0.4 is 10.4 Å². The number of aliphatic imine (C=N–C) groups is 1. The summed E-state index contributed by atoms with van der Waals surface area (Å²) >= 11 is 5.79. The van der Waals surface area contributed by atoms with Crippen LogP contribution in [0.1, 0.15) is 0 Å². The summed E-state index contributed by atoms with van der Waals surface area (Å²) in [6.45, 7) is 0. The summed E-state index contributed by atoms with van der Waals surface area (Å²) in [7, 11) is 1.83. The highest BCUT2D eigenvalue weighted by molar-refractivity contribution is 6.32. The molecule has 1 aromatic rings. The highest BCUT2D eigenvalue weighted by Gasteiger charge is 2.14. The van der Waals surface area contributed by atoms with Gasteiger partial charge in [0.15, 0.2) is 11.0 Å². The van der Waals surface area contributed by atoms with Crippen molar-refractivity contribution in [2.24, 2.45) is 4.99 Å². The Labute approximate surface area is 86.2 Å². The van der Waals surface area contributed by atoms with Gasteiger partial charge in [0.2, 0.25) is 0 Å². The van der Waals surface area contributed by atoms with Crippen molar-refractivity contribution in [2.75, 3.05) is 12.1 Å². The molecule has 0 saturated carbocycles. The third-order valence-corrected chi connectivity index (χ3v) is 1.80. The van der Waals surface area contributed by atoms with Crippen molar-refractivity contribution in [1.82, 2.24) is 15.4 Å². The van der Waals surface area contributed by atoms with Crippen molar-refractivity contribution in [3.05, 3.63) is 11.5 Å². The van der Waals surface area contributed by atoms with E-state index in [9.17, 15) is 0 Å². The first-order chi connectivity index (χ1) is 5.79. The van der Waals surface area contributed by atoms with Crippen molar-refractivity contribution in [2.45, 2.75) is 0 Å². The molecule has 2 heterocycles. The zero-order valence-electron chi connectivity index (χ0n) is 6.73. The molecule has 70 valence electrons. The van der Waals surface area contributed by atoms with Crippen LogP contribution in [0.15, 0.2) is 11.3 Å². The van der Waals surface area contributed by atoms with Gasteiger partial charge in [0.05, 0.1) is 0 Å². The molecule has 1 aliphatic heterocycles. The van der Waals surface area contributed by atoms with E-state index in [1.54, 1.807) is 5.01 Å². The molecule has 1 N–H and O–H groups in total. The van der Waals surface area contributed by atoms with Crippen LogP contribution in [0.3, 0.4) is 0 Å². The predicted octanol–water partition coefficient (Wildman–Crippen LogP) is 1.17. The molecule has 0 unspecified atom stereocenters. The SMILES string of the molecule is CN1NC=Nc2c(Cl)ncnc21.Cl. The Balaban J connectivity index is 0.000000845. The van der Waals surface area contributed by atoms with E-state index >= 15 is 0 Å². The Bertz CT molecular complexity index is 340. The highest BCUT2D eigenvalue weighted by Crippen LogP contribution is 2.31. The lowest BCUT2D eigenvalue weighted by Gasteiger charge is -2.22. The molecule has 0 amide bonds. The fourth-order valence-electron chi connectivity index (χ4n) is 0.946. The minimum Gasteiger partial charge on any atom is -0.287 e. The fourth-order valence-corrected chi connectivity index (χ4v) is 1.12. The van der Waals surface area contributed by atoms with Crippen LogP contribution in [-0.4, -0.2) is 23.4 Å². The first-order valence-corrected chi connectivity index (χ1v) is 3.70. The zero-order valence-corrected chi connectivity index (χ0v) is 8.30. The second kappa shape index (κ2) is 3.76. The van der Waals surface area contributed by atoms with Gasteiger partial charge in [0.1, 0.15) is 18.4 Å². The van der Waals surface area contributed by atoms with E-state index in [1.807, 2.05) is 7.05 Å². The molecular weight excluding hydrogens is 213 g/mol. The lowest BCUT2D eigenvalue weighted by molar-refractivity contribution is 0.850. The highest BCUT2D eigenvalue weighted by atomic mass is 35.5. The number of hydrogen-bond acceptors (Lipinski definition) is 5. The Morgan fingerprint density at radius 3 is 2.92 bits per heavy atom. The summed E-state index contributed by atoms with van der Waals surface area (Å²) in [5.41, 5.74) is 3.46. The van der Waals surface area contributed by atoms with Crippen LogP contribution in [0, 0.1) is 0 Å². The normalized spacial score (nSPS) is 12.9. The summed E-state index contributed by atoms with van der Waals surface area (Å²) in [6, 6.07) is 0. The first-order valence-electron chi connectivity index (χ1n) is 3.32. The van der Waals surface area contributed by atoms with E-state index in [0.717, 1.165) is 0 Å². The fraction of sp³-hybridized carbons (Fsp3) is 0.167. The summed E-state index contributed by atoms with van der Waals surface area (Å²) in [5.74, 6) is 0.678. The molecule has 0 fully saturated rings. The molecule has 1 aromatic heterocycles. The zero-order chi connectivity index (χ0) is 8.55. The van der Waals surface area contributed by atoms with Gasteiger partial charge in [0.25, 0.3) is 0 Å². The Morgan fingerprint density at radius 2 is 2.23 bits per heavy atom. The third kappa shape index (κ3) is 1.66. The number of aromatic nitrogens is 2. The second-order valence-electron chi connectivity index (χ2n) is 2.28. The van der Waals surface area contributed by atoms with Gasteiger partial charge in [-0.15, -0.1) is 12.4 Å². The third-order valence-electron chi connectivity index (χ3n) is 1.52. The molecule has 1 aliphatic rings. The standard InChI is InChI=1S/C6H6ClN5.ClH/c1-12-6-4(8-3-11-12)5(7)9-2-10-6;/h2-3H,1H3,(H,8,11);1H. The molecule has 0 spiro atoms. The smallest absolute Gasteiger partial charge is 0.177 e. The minimum atomic E-state index is 0. The van der Waals surface area contributed by atoms with E-state index in [-0.39, 0.29) is 12.4 Å². The number of nitrogens with one attached hydrogen (secondary N) is 1. The maximum absolute atomic E-state index is 5.79. The molecule has 0 aliphatic carbocycles. The van der Waals surface area contributed by atoms with Crippen LogP contribution in [0.2, 0.25) is 5.15 Å². The Hall–Kier alpha value is -1.07. The molecule has 2 rings (SSSR count). The van der Waals surface area contributed by atoms with E-state index in [2.05, 4.69) is 20.4 Å². The van der Waals surface area contributed by atoms with Crippen LogP contribution in [0.4, 0.5) is 11.5 Å². The van der Waals surface area contributed by atoms with Crippen molar-refractivity contribution < 1.29 is 0 Å². The molecular formula is C6H7Cl2N5. The molecule has 13 heavy (non-hydrogen) atoms. The van der Waals surface area contributed by atoms with E-state index in [4.69, 9.17) is 11.6 Å². The summed E-state index contributed by atoms with van der Waals surface area (Å²) in [5, 5.41) is 2.08. The predicted molar refractivity (Wildman–Crippen MR) is 54.0 cm³/mol. The molecule has 0 aromatic carbocycles. The van der Waals surface area contributed by atoms with Gasteiger partial charge in [-0.3, -0.25) is 10.4 Å². The first kappa shape index (κ1) is 10.0. The number of fused-ring (bicyclic) bond motifs is 1. The van der Waals surface area contributed by atoms with Crippen LogP contribution in [0.25, 0.3) is 0 Å². The van der Waals surface area contributed by atoms with E-state index in [0.29, 0.717) is 16.7 Å².